The first kappa shape index (κ1) is 14.6. The van der Waals surface area contributed by atoms with Crippen molar-refractivity contribution in [3.05, 3.63) is 28.8 Å². The van der Waals surface area contributed by atoms with Crippen molar-refractivity contribution < 1.29 is 4.79 Å². The zero-order chi connectivity index (χ0) is 14.4. The molecule has 0 aromatic heterocycles. The number of carbonyl (C=O) groups is 1. The maximum atomic E-state index is 12.1. The number of nitrogens with zero attached hydrogens (tertiary/aromatic N) is 1. The Hall–Kier alpha value is -0.830. The van der Waals surface area contributed by atoms with E-state index in [1.807, 2.05) is 4.90 Å². The molecule has 2 nitrogen and oxygen atoms in total. The minimum Gasteiger partial charge on any atom is -0.311 e. The van der Waals surface area contributed by atoms with Crippen LogP contribution in [0.1, 0.15) is 43.9 Å². The summed E-state index contributed by atoms with van der Waals surface area (Å²) in [5.74, 6) is 0.219. The molecule has 1 aromatic carbocycles. The van der Waals surface area contributed by atoms with Gasteiger partial charge in [-0.1, -0.05) is 48.8 Å². The largest absolute Gasteiger partial charge is 0.311 e. The maximum Gasteiger partial charge on any atom is 0.228 e. The highest BCUT2D eigenvalue weighted by molar-refractivity contribution is 9.09. The predicted octanol–water partition coefficient (Wildman–Crippen LogP) is 4.10. The molecule has 1 atom stereocenters. The van der Waals surface area contributed by atoms with Crippen molar-refractivity contribution in [1.29, 1.82) is 0 Å². The summed E-state index contributed by atoms with van der Waals surface area (Å²) in [5.41, 5.74) is 4.95. The number of alkyl halides is 1. The molecule has 1 saturated heterocycles. The van der Waals surface area contributed by atoms with Crippen LogP contribution in [0.25, 0.3) is 0 Å². The predicted molar refractivity (Wildman–Crippen MR) is 84.3 cm³/mol. The first-order valence-corrected chi connectivity index (χ1v) is 7.68. The monoisotopic (exact) mass is 323 g/mol. The second-order valence-electron chi connectivity index (χ2n) is 6.51. The van der Waals surface area contributed by atoms with Crippen molar-refractivity contribution in [3.63, 3.8) is 0 Å². The fourth-order valence-electron chi connectivity index (χ4n) is 2.69. The van der Waals surface area contributed by atoms with Crippen LogP contribution in [-0.4, -0.2) is 17.3 Å². The molecule has 1 amide bonds. The lowest BCUT2D eigenvalue weighted by atomic mass is 9.84. The highest BCUT2D eigenvalue weighted by Gasteiger charge is 2.31. The fourth-order valence-corrected chi connectivity index (χ4v) is 3.26. The third-order valence-corrected chi connectivity index (χ3v) is 4.32. The van der Waals surface area contributed by atoms with Crippen molar-refractivity contribution >= 4 is 27.5 Å². The van der Waals surface area contributed by atoms with Crippen LogP contribution in [0.2, 0.25) is 0 Å². The molecule has 0 aliphatic carbocycles. The van der Waals surface area contributed by atoms with Crippen LogP contribution in [0.3, 0.4) is 0 Å². The first-order chi connectivity index (χ1) is 8.70. The van der Waals surface area contributed by atoms with Crippen molar-refractivity contribution in [2.45, 2.75) is 51.3 Å². The summed E-state index contributed by atoms with van der Waals surface area (Å²) in [5, 5.41) is 0. The molecular formula is C16H22BrNO. The number of carbonyl (C=O) groups excluding carboxylic acids is 1. The summed E-state index contributed by atoms with van der Waals surface area (Å²) in [6.07, 6.45) is 0.597. The maximum absolute atomic E-state index is 12.1. The molecule has 1 fully saturated rings. The Bertz CT molecular complexity index is 493. The molecule has 19 heavy (non-hydrogen) atoms. The first-order valence-electron chi connectivity index (χ1n) is 6.76. The molecule has 1 aliphatic heterocycles. The quantitative estimate of drug-likeness (QED) is 0.712. The van der Waals surface area contributed by atoms with Gasteiger partial charge in [0.05, 0.1) is 0 Å². The van der Waals surface area contributed by atoms with Gasteiger partial charge in [-0.25, -0.2) is 0 Å². The summed E-state index contributed by atoms with van der Waals surface area (Å²) in [6.45, 7) is 11.6. The van der Waals surface area contributed by atoms with E-state index in [9.17, 15) is 4.79 Å². The summed E-state index contributed by atoms with van der Waals surface area (Å²) in [6, 6.07) is 4.44. The second-order valence-corrected chi connectivity index (χ2v) is 7.81. The van der Waals surface area contributed by atoms with Gasteiger partial charge >= 0.3 is 0 Å². The van der Waals surface area contributed by atoms with Gasteiger partial charge in [0.25, 0.3) is 0 Å². The van der Waals surface area contributed by atoms with Crippen LogP contribution in [0.4, 0.5) is 5.69 Å². The molecule has 0 bridgehead atoms. The van der Waals surface area contributed by atoms with Gasteiger partial charge in [-0.3, -0.25) is 4.79 Å². The third kappa shape index (κ3) is 2.86. The molecule has 1 heterocycles. The van der Waals surface area contributed by atoms with E-state index in [-0.39, 0.29) is 16.1 Å². The van der Waals surface area contributed by atoms with Crippen LogP contribution in [0, 0.1) is 13.8 Å². The lowest BCUT2D eigenvalue weighted by molar-refractivity contribution is -0.117. The number of halogens is 1. The molecule has 104 valence electrons. The number of anilines is 1. The Morgan fingerprint density at radius 1 is 1.21 bits per heavy atom. The summed E-state index contributed by atoms with van der Waals surface area (Å²) >= 11 is 3.55. The minimum absolute atomic E-state index is 0.140. The Kier molecular flexibility index (Phi) is 3.78. The standard InChI is InChI=1S/C16H22BrNO/c1-10-6-12(16(3,4)5)7-11(2)15(10)18-9-13(17)8-14(18)19/h6-7,13H,8-9H2,1-5H3. The molecule has 0 spiro atoms. The zero-order valence-electron chi connectivity index (χ0n) is 12.4. The Balaban J connectivity index is 2.46. The molecule has 0 N–H and O–H groups in total. The Morgan fingerprint density at radius 3 is 2.11 bits per heavy atom. The van der Waals surface area contributed by atoms with E-state index >= 15 is 0 Å². The van der Waals surface area contributed by atoms with Gasteiger partial charge in [0.1, 0.15) is 0 Å². The van der Waals surface area contributed by atoms with E-state index in [0.29, 0.717) is 6.42 Å². The van der Waals surface area contributed by atoms with E-state index in [0.717, 1.165) is 12.2 Å². The highest BCUT2D eigenvalue weighted by Crippen LogP contribution is 2.34. The number of hydrogen-bond acceptors (Lipinski definition) is 1. The van der Waals surface area contributed by atoms with Gasteiger partial charge in [-0.2, -0.15) is 0 Å². The number of aryl methyl sites for hydroxylation is 2. The highest BCUT2D eigenvalue weighted by atomic mass is 79.9. The van der Waals surface area contributed by atoms with Crippen LogP contribution < -0.4 is 4.90 Å². The molecule has 1 unspecified atom stereocenters. The molecule has 2 rings (SSSR count). The molecule has 1 aromatic rings. The van der Waals surface area contributed by atoms with Crippen LogP contribution in [0.5, 0.6) is 0 Å². The van der Waals surface area contributed by atoms with Crippen molar-refractivity contribution in [2.24, 2.45) is 0 Å². The smallest absolute Gasteiger partial charge is 0.228 e. The van der Waals surface area contributed by atoms with Gasteiger partial charge in [0.2, 0.25) is 5.91 Å². The van der Waals surface area contributed by atoms with Gasteiger partial charge < -0.3 is 4.90 Å². The molecule has 3 heteroatoms. The van der Waals surface area contributed by atoms with Crippen molar-refractivity contribution in [3.8, 4) is 0 Å². The van der Waals surface area contributed by atoms with E-state index in [4.69, 9.17) is 0 Å². The normalized spacial score (nSPS) is 20.2. The second kappa shape index (κ2) is 4.93. The Labute approximate surface area is 124 Å². The number of rotatable bonds is 1. The van der Waals surface area contributed by atoms with Gasteiger partial charge in [0.15, 0.2) is 0 Å². The lowest BCUT2D eigenvalue weighted by Gasteiger charge is -2.26. The lowest BCUT2D eigenvalue weighted by Crippen LogP contribution is -2.26. The van der Waals surface area contributed by atoms with Crippen molar-refractivity contribution in [1.82, 2.24) is 0 Å². The molecular weight excluding hydrogens is 302 g/mol. The van der Waals surface area contributed by atoms with Crippen molar-refractivity contribution in [2.75, 3.05) is 11.4 Å². The minimum atomic E-state index is 0.140. The van der Waals surface area contributed by atoms with E-state index < -0.39 is 0 Å². The summed E-state index contributed by atoms with van der Waals surface area (Å²) < 4.78 is 0. The topological polar surface area (TPSA) is 20.3 Å². The summed E-state index contributed by atoms with van der Waals surface area (Å²) in [4.78, 5) is 14.3. The molecule has 0 radical (unpaired) electrons. The van der Waals surface area contributed by atoms with E-state index in [1.54, 1.807) is 0 Å². The third-order valence-electron chi connectivity index (χ3n) is 3.70. The van der Waals surface area contributed by atoms with Crippen LogP contribution in [-0.2, 0) is 10.2 Å². The summed E-state index contributed by atoms with van der Waals surface area (Å²) in [7, 11) is 0. The van der Waals surface area contributed by atoms with Crippen LogP contribution >= 0.6 is 15.9 Å². The van der Waals surface area contributed by atoms with Gasteiger partial charge in [-0.05, 0) is 36.0 Å². The van der Waals surface area contributed by atoms with E-state index in [1.165, 1.54) is 16.7 Å². The molecule has 0 saturated carbocycles. The van der Waals surface area contributed by atoms with Gasteiger partial charge in [-0.15, -0.1) is 0 Å². The molecule has 1 aliphatic rings. The zero-order valence-corrected chi connectivity index (χ0v) is 14.0. The van der Waals surface area contributed by atoms with Gasteiger partial charge in [0, 0.05) is 23.5 Å². The fraction of sp³-hybridized carbons (Fsp3) is 0.562. The number of benzene rings is 1. The number of hydrogen-bond donors (Lipinski definition) is 0. The number of amides is 1. The van der Waals surface area contributed by atoms with Crippen LogP contribution in [0.15, 0.2) is 12.1 Å². The average Bonchev–Trinajstić information content (AvgIpc) is 2.55. The average molecular weight is 324 g/mol. The SMILES string of the molecule is Cc1cc(C(C)(C)C)cc(C)c1N1CC(Br)CC1=O. The Morgan fingerprint density at radius 2 is 1.74 bits per heavy atom. The van der Waals surface area contributed by atoms with E-state index in [2.05, 4.69) is 62.7 Å².